The van der Waals surface area contributed by atoms with Gasteiger partial charge in [-0.25, -0.2) is 0 Å². The number of likely N-dealkylation sites (tertiary alicyclic amines) is 1. The van der Waals surface area contributed by atoms with E-state index >= 15 is 0 Å². The Hall–Kier alpha value is -0.580. The summed E-state index contributed by atoms with van der Waals surface area (Å²) in [5.74, 6) is 0. The maximum Gasteiger partial charge on any atom is 0.0372 e. The molecule has 0 bridgehead atoms. The number of hydrogen-bond acceptors (Lipinski definition) is 3. The molecule has 0 saturated carbocycles. The number of hydrogen-bond donors (Lipinski definition) is 2. The second-order valence-electron chi connectivity index (χ2n) is 5.01. The quantitative estimate of drug-likeness (QED) is 0.898. The number of nitrogens with one attached hydrogen (secondary N) is 1. The minimum atomic E-state index is 0.596. The van der Waals surface area contributed by atoms with Crippen LogP contribution in [0.5, 0.6) is 0 Å². The summed E-state index contributed by atoms with van der Waals surface area (Å²) in [6.45, 7) is 6.26. The molecule has 1 saturated heterocycles. The van der Waals surface area contributed by atoms with Gasteiger partial charge in [-0.05, 0) is 43.5 Å². The molecule has 1 aliphatic rings. The van der Waals surface area contributed by atoms with Crippen LogP contribution in [0.1, 0.15) is 18.4 Å². The Balaban J connectivity index is 1.87. The molecule has 0 amide bonds. The van der Waals surface area contributed by atoms with Crippen LogP contribution in [0.25, 0.3) is 0 Å². The van der Waals surface area contributed by atoms with Crippen LogP contribution in [0.2, 0.25) is 0 Å². The van der Waals surface area contributed by atoms with Crippen LogP contribution < -0.4 is 11.1 Å². The number of aryl methyl sites for hydroxylation is 1. The lowest BCUT2D eigenvalue weighted by molar-refractivity contribution is 0.224. The molecule has 1 fully saturated rings. The number of anilines is 1. The second-order valence-corrected chi connectivity index (χ2v) is 5.92. The van der Waals surface area contributed by atoms with Crippen molar-refractivity contribution in [1.82, 2.24) is 4.90 Å². The van der Waals surface area contributed by atoms with Gasteiger partial charge in [0.25, 0.3) is 0 Å². The summed E-state index contributed by atoms with van der Waals surface area (Å²) in [5, 5.41) is 3.66. The van der Waals surface area contributed by atoms with Crippen LogP contribution in [0.4, 0.5) is 5.69 Å². The molecule has 4 heteroatoms. The highest BCUT2D eigenvalue weighted by Gasteiger charge is 2.18. The molecule has 1 aromatic rings. The second kappa shape index (κ2) is 6.55. The maximum absolute atomic E-state index is 5.59. The van der Waals surface area contributed by atoms with E-state index in [1.165, 1.54) is 24.1 Å². The molecular formula is C14H22BrN3. The van der Waals surface area contributed by atoms with Crippen molar-refractivity contribution in [3.63, 3.8) is 0 Å². The highest BCUT2D eigenvalue weighted by Crippen LogP contribution is 2.23. The minimum Gasteiger partial charge on any atom is -0.382 e. The Morgan fingerprint density at radius 2 is 2.11 bits per heavy atom. The average molecular weight is 312 g/mol. The van der Waals surface area contributed by atoms with Crippen molar-refractivity contribution in [2.75, 3.05) is 31.5 Å². The molecule has 0 unspecified atom stereocenters. The Morgan fingerprint density at radius 3 is 2.72 bits per heavy atom. The molecule has 1 aromatic carbocycles. The normalized spacial score (nSPS) is 17.9. The predicted octanol–water partition coefficient (Wildman–Crippen LogP) is 2.59. The van der Waals surface area contributed by atoms with Crippen molar-refractivity contribution in [3.8, 4) is 0 Å². The molecule has 0 aromatic heterocycles. The van der Waals surface area contributed by atoms with E-state index in [-0.39, 0.29) is 0 Å². The molecule has 3 N–H and O–H groups in total. The summed E-state index contributed by atoms with van der Waals surface area (Å²) in [6, 6.07) is 7.01. The third-order valence-corrected chi connectivity index (χ3v) is 4.07. The highest BCUT2D eigenvalue weighted by atomic mass is 79.9. The largest absolute Gasteiger partial charge is 0.382 e. The lowest BCUT2D eigenvalue weighted by atomic mass is 10.0. The van der Waals surface area contributed by atoms with Gasteiger partial charge in [0.1, 0.15) is 0 Å². The van der Waals surface area contributed by atoms with Gasteiger partial charge in [-0.15, -0.1) is 0 Å². The summed E-state index contributed by atoms with van der Waals surface area (Å²) in [6.07, 6.45) is 2.41. The molecule has 100 valence electrons. The van der Waals surface area contributed by atoms with Gasteiger partial charge in [-0.2, -0.15) is 0 Å². The van der Waals surface area contributed by atoms with Gasteiger partial charge < -0.3 is 16.0 Å². The molecule has 0 atom stereocenters. The fourth-order valence-electron chi connectivity index (χ4n) is 2.49. The molecule has 0 radical (unpaired) electrons. The van der Waals surface area contributed by atoms with Crippen molar-refractivity contribution < 1.29 is 0 Å². The third-order valence-electron chi connectivity index (χ3n) is 3.58. The third kappa shape index (κ3) is 3.70. The molecule has 1 heterocycles. The molecule has 3 nitrogen and oxygen atoms in total. The fraction of sp³-hybridized carbons (Fsp3) is 0.571. The van der Waals surface area contributed by atoms with E-state index in [4.69, 9.17) is 5.73 Å². The lowest BCUT2D eigenvalue weighted by Crippen LogP contribution is -2.41. The van der Waals surface area contributed by atoms with Crippen molar-refractivity contribution in [1.29, 1.82) is 0 Å². The van der Waals surface area contributed by atoms with Crippen LogP contribution in [0.3, 0.4) is 0 Å². The standard InChI is InChI=1S/C14H22BrN3/c1-11-10-12(15)2-3-14(11)17-13-4-7-18(8-5-13)9-6-16/h2-3,10,13,17H,4-9,16H2,1H3. The summed E-state index contributed by atoms with van der Waals surface area (Å²) in [7, 11) is 0. The van der Waals surface area contributed by atoms with Gasteiger partial charge in [0.05, 0.1) is 0 Å². The zero-order valence-corrected chi connectivity index (χ0v) is 12.5. The number of piperidine rings is 1. The van der Waals surface area contributed by atoms with Crippen LogP contribution in [0.15, 0.2) is 22.7 Å². The summed E-state index contributed by atoms with van der Waals surface area (Å²) >= 11 is 3.50. The van der Waals surface area contributed by atoms with Gasteiger partial charge in [0.2, 0.25) is 0 Å². The fourth-order valence-corrected chi connectivity index (χ4v) is 2.97. The first-order valence-corrected chi connectivity index (χ1v) is 7.43. The first kappa shape index (κ1) is 13.8. The molecule has 0 aliphatic carbocycles. The molecule has 1 aliphatic heterocycles. The van der Waals surface area contributed by atoms with Crippen LogP contribution in [0, 0.1) is 6.92 Å². The molecular weight excluding hydrogens is 290 g/mol. The van der Waals surface area contributed by atoms with Crippen LogP contribution >= 0.6 is 15.9 Å². The Bertz CT molecular complexity index is 387. The molecule has 0 spiro atoms. The predicted molar refractivity (Wildman–Crippen MR) is 81.0 cm³/mol. The van der Waals surface area contributed by atoms with Gasteiger partial charge in [-0.3, -0.25) is 0 Å². The van der Waals surface area contributed by atoms with Gasteiger partial charge in [-0.1, -0.05) is 15.9 Å². The number of rotatable bonds is 4. The van der Waals surface area contributed by atoms with Gasteiger partial charge in [0, 0.05) is 42.4 Å². The zero-order chi connectivity index (χ0) is 13.0. The van der Waals surface area contributed by atoms with E-state index in [1.54, 1.807) is 0 Å². The van der Waals surface area contributed by atoms with E-state index in [9.17, 15) is 0 Å². The van der Waals surface area contributed by atoms with Crippen molar-refractivity contribution >= 4 is 21.6 Å². The first-order chi connectivity index (χ1) is 8.69. The number of benzene rings is 1. The Kier molecular flexibility index (Phi) is 5.03. The van der Waals surface area contributed by atoms with Gasteiger partial charge >= 0.3 is 0 Å². The number of halogens is 1. The maximum atomic E-state index is 5.59. The Morgan fingerprint density at radius 1 is 1.39 bits per heavy atom. The zero-order valence-electron chi connectivity index (χ0n) is 11.0. The van der Waals surface area contributed by atoms with E-state index in [2.05, 4.69) is 51.3 Å². The Labute approximate surface area is 118 Å². The summed E-state index contributed by atoms with van der Waals surface area (Å²) in [5.41, 5.74) is 8.15. The SMILES string of the molecule is Cc1cc(Br)ccc1NC1CCN(CCN)CC1. The lowest BCUT2D eigenvalue weighted by Gasteiger charge is -2.32. The van der Waals surface area contributed by atoms with Crippen LogP contribution in [-0.4, -0.2) is 37.1 Å². The van der Waals surface area contributed by atoms with E-state index in [1.807, 2.05) is 0 Å². The monoisotopic (exact) mass is 311 g/mol. The smallest absolute Gasteiger partial charge is 0.0372 e. The topological polar surface area (TPSA) is 41.3 Å². The van der Waals surface area contributed by atoms with E-state index in [0.717, 1.165) is 30.7 Å². The molecule has 18 heavy (non-hydrogen) atoms. The van der Waals surface area contributed by atoms with E-state index in [0.29, 0.717) is 6.04 Å². The highest BCUT2D eigenvalue weighted by molar-refractivity contribution is 9.10. The number of nitrogens with zero attached hydrogens (tertiary/aromatic N) is 1. The molecule has 2 rings (SSSR count). The van der Waals surface area contributed by atoms with Crippen molar-refractivity contribution in [3.05, 3.63) is 28.2 Å². The first-order valence-electron chi connectivity index (χ1n) is 6.64. The van der Waals surface area contributed by atoms with E-state index < -0.39 is 0 Å². The summed E-state index contributed by atoms with van der Waals surface area (Å²) in [4.78, 5) is 2.45. The minimum absolute atomic E-state index is 0.596. The average Bonchev–Trinajstić information content (AvgIpc) is 2.35. The number of nitrogens with two attached hydrogens (primary N) is 1. The van der Waals surface area contributed by atoms with Crippen molar-refractivity contribution in [2.45, 2.75) is 25.8 Å². The van der Waals surface area contributed by atoms with Gasteiger partial charge in [0.15, 0.2) is 0 Å². The van der Waals surface area contributed by atoms with Crippen LogP contribution in [-0.2, 0) is 0 Å². The summed E-state index contributed by atoms with van der Waals surface area (Å²) < 4.78 is 1.14. The van der Waals surface area contributed by atoms with Crippen molar-refractivity contribution in [2.24, 2.45) is 5.73 Å².